The molecule has 3 N–H and O–H groups in total. The van der Waals surface area contributed by atoms with E-state index in [9.17, 15) is 0 Å². The van der Waals surface area contributed by atoms with Crippen LogP contribution in [0.15, 0.2) is 72.8 Å². The zero-order valence-electron chi connectivity index (χ0n) is 26.2. The van der Waals surface area contributed by atoms with E-state index in [1.165, 1.54) is 39.8 Å². The molecule has 0 fully saturated rings. The van der Waals surface area contributed by atoms with Crippen LogP contribution in [-0.4, -0.2) is 12.1 Å². The minimum absolute atomic E-state index is 0.115. The highest BCUT2D eigenvalue weighted by Gasteiger charge is 2.32. The molecular formula is C37H53N3. The zero-order valence-corrected chi connectivity index (χ0v) is 26.2. The highest BCUT2D eigenvalue weighted by atomic mass is 15.0. The van der Waals surface area contributed by atoms with Crippen LogP contribution in [0, 0.1) is 17.8 Å². The summed E-state index contributed by atoms with van der Waals surface area (Å²) in [7, 11) is 0. The Kier molecular flexibility index (Phi) is 10.3. The molecule has 3 aromatic carbocycles. The summed E-state index contributed by atoms with van der Waals surface area (Å²) in [4.78, 5) is 0. The third kappa shape index (κ3) is 7.43. The molecule has 0 aromatic heterocycles. The smallest absolute Gasteiger partial charge is 0.0382 e. The Morgan fingerprint density at radius 2 is 1.10 bits per heavy atom. The Bertz CT molecular complexity index is 1230. The van der Waals surface area contributed by atoms with Gasteiger partial charge in [0.1, 0.15) is 0 Å². The average Bonchev–Trinajstić information content (AvgIpc) is 3.38. The molecule has 3 aliphatic heterocycles. The summed E-state index contributed by atoms with van der Waals surface area (Å²) in [5.74, 6) is 2.11. The van der Waals surface area contributed by atoms with Gasteiger partial charge in [-0.3, -0.25) is 0 Å². The van der Waals surface area contributed by atoms with Crippen molar-refractivity contribution >= 4 is 0 Å². The maximum atomic E-state index is 3.75. The molecule has 3 aliphatic rings. The fraction of sp³-hybridized carbons (Fsp3) is 0.514. The van der Waals surface area contributed by atoms with Crippen LogP contribution >= 0.6 is 0 Å². The first kappa shape index (κ1) is 30.5. The lowest BCUT2D eigenvalue weighted by atomic mass is 9.80. The van der Waals surface area contributed by atoms with Crippen LogP contribution in [0.25, 0.3) is 0 Å². The van der Waals surface area contributed by atoms with Gasteiger partial charge in [-0.1, -0.05) is 114 Å². The summed E-state index contributed by atoms with van der Waals surface area (Å²) in [6, 6.07) is 28.1. The van der Waals surface area contributed by atoms with Crippen molar-refractivity contribution in [2.45, 2.75) is 105 Å². The summed E-state index contributed by atoms with van der Waals surface area (Å²) in [5, 5.41) is 10.8. The van der Waals surface area contributed by atoms with Gasteiger partial charge in [0.2, 0.25) is 0 Å². The van der Waals surface area contributed by atoms with Gasteiger partial charge >= 0.3 is 0 Å². The molecular weight excluding hydrogens is 486 g/mol. The van der Waals surface area contributed by atoms with Crippen molar-refractivity contribution in [1.29, 1.82) is 0 Å². The number of benzene rings is 3. The van der Waals surface area contributed by atoms with Gasteiger partial charge < -0.3 is 16.0 Å². The predicted molar refractivity (Wildman–Crippen MR) is 171 cm³/mol. The third-order valence-electron chi connectivity index (χ3n) is 8.97. The first-order valence-electron chi connectivity index (χ1n) is 15.5. The van der Waals surface area contributed by atoms with E-state index in [-0.39, 0.29) is 5.54 Å². The number of hydrogen-bond acceptors (Lipinski definition) is 3. The molecule has 0 radical (unpaired) electrons. The quantitative estimate of drug-likeness (QED) is 0.316. The van der Waals surface area contributed by atoms with Gasteiger partial charge in [0, 0.05) is 36.8 Å². The molecule has 3 unspecified atom stereocenters. The van der Waals surface area contributed by atoms with Gasteiger partial charge in [0.05, 0.1) is 0 Å². The van der Waals surface area contributed by atoms with E-state index in [0.29, 0.717) is 30.0 Å². The monoisotopic (exact) mass is 539 g/mol. The second-order valence-electron chi connectivity index (χ2n) is 13.5. The van der Waals surface area contributed by atoms with Crippen molar-refractivity contribution in [1.82, 2.24) is 16.0 Å². The lowest BCUT2D eigenvalue weighted by Gasteiger charge is -2.40. The number of fused-ring (bicyclic) bond motifs is 3. The topological polar surface area (TPSA) is 36.1 Å². The van der Waals surface area contributed by atoms with Crippen LogP contribution in [-0.2, 0) is 31.5 Å². The second kappa shape index (κ2) is 13.5. The zero-order chi connectivity index (χ0) is 28.9. The van der Waals surface area contributed by atoms with E-state index in [1.54, 1.807) is 0 Å². The largest absolute Gasteiger partial charge is 0.309 e. The van der Waals surface area contributed by atoms with Crippen LogP contribution in [0.5, 0.6) is 0 Å². The van der Waals surface area contributed by atoms with Crippen molar-refractivity contribution in [3.05, 3.63) is 106 Å². The summed E-state index contributed by atoms with van der Waals surface area (Å²) < 4.78 is 0. The van der Waals surface area contributed by atoms with Crippen molar-refractivity contribution in [2.75, 3.05) is 0 Å². The van der Waals surface area contributed by atoms with Gasteiger partial charge in [-0.2, -0.15) is 0 Å². The van der Waals surface area contributed by atoms with E-state index >= 15 is 0 Å². The Morgan fingerprint density at radius 3 is 1.75 bits per heavy atom. The molecule has 0 bridgehead atoms. The van der Waals surface area contributed by atoms with E-state index in [2.05, 4.69) is 144 Å². The minimum Gasteiger partial charge on any atom is -0.309 e. The molecule has 216 valence electrons. The van der Waals surface area contributed by atoms with Gasteiger partial charge in [0.15, 0.2) is 0 Å². The van der Waals surface area contributed by atoms with Crippen LogP contribution in [0.4, 0.5) is 0 Å². The standard InChI is InChI=1S/C14H21N.C12H17N.C11H15N/c1-10(2)13-9-11-7-5-6-8-12(11)14(3,4)15-13;1-9(2)12-7-10-5-3-4-6-11(10)8-13-12;1-8(2)11-10-6-4-3-5-9(10)7-12-11/h5-8,10,13,15H,9H2,1-4H3;3-6,9,12-13H,7-8H2,1-2H3;3-6,8,11-12H,7H2,1-2H3. The molecule has 0 saturated carbocycles. The molecule has 6 rings (SSSR count). The van der Waals surface area contributed by atoms with Crippen molar-refractivity contribution < 1.29 is 0 Å². The van der Waals surface area contributed by atoms with Gasteiger partial charge in [0.25, 0.3) is 0 Å². The molecule has 3 heterocycles. The molecule has 0 spiro atoms. The van der Waals surface area contributed by atoms with Gasteiger partial charge in [-0.25, -0.2) is 0 Å². The normalized spacial score (nSPS) is 22.4. The molecule has 0 aliphatic carbocycles. The SMILES string of the molecule is CC(C)C1Cc2ccccc2C(C)(C)N1.CC(C)C1Cc2ccccc2CN1.CC(C)C1NCc2ccccc21. The molecule has 3 heteroatoms. The maximum absolute atomic E-state index is 3.75. The second-order valence-corrected chi connectivity index (χ2v) is 13.5. The number of hydrogen-bond donors (Lipinski definition) is 3. The molecule has 0 amide bonds. The van der Waals surface area contributed by atoms with Crippen molar-refractivity contribution in [2.24, 2.45) is 17.8 Å². The molecule has 3 atom stereocenters. The Labute approximate surface area is 244 Å². The lowest BCUT2D eigenvalue weighted by molar-refractivity contribution is 0.265. The Balaban J connectivity index is 0.000000140. The van der Waals surface area contributed by atoms with E-state index in [1.807, 2.05) is 0 Å². The van der Waals surface area contributed by atoms with Crippen molar-refractivity contribution in [3.63, 3.8) is 0 Å². The number of nitrogens with one attached hydrogen (secondary N) is 3. The van der Waals surface area contributed by atoms with E-state index < -0.39 is 0 Å². The summed E-state index contributed by atoms with van der Waals surface area (Å²) in [6.07, 6.45) is 2.35. The van der Waals surface area contributed by atoms with E-state index in [0.717, 1.165) is 25.4 Å². The lowest BCUT2D eigenvalue weighted by Crippen LogP contribution is -2.51. The van der Waals surface area contributed by atoms with Crippen LogP contribution < -0.4 is 16.0 Å². The predicted octanol–water partition coefficient (Wildman–Crippen LogP) is 7.94. The molecule has 0 saturated heterocycles. The average molecular weight is 540 g/mol. The molecule has 3 aromatic rings. The summed E-state index contributed by atoms with van der Waals surface area (Å²) in [5.41, 5.74) is 9.05. The first-order chi connectivity index (χ1) is 19.1. The Hall–Kier alpha value is -2.46. The first-order valence-corrected chi connectivity index (χ1v) is 15.5. The van der Waals surface area contributed by atoms with Crippen LogP contribution in [0.1, 0.15) is 94.8 Å². The highest BCUT2D eigenvalue weighted by molar-refractivity contribution is 5.36. The summed E-state index contributed by atoms with van der Waals surface area (Å²) in [6.45, 7) is 20.3. The minimum atomic E-state index is 0.115. The van der Waals surface area contributed by atoms with Gasteiger partial charge in [-0.05, 0) is 77.8 Å². The van der Waals surface area contributed by atoms with Crippen LogP contribution in [0.2, 0.25) is 0 Å². The highest BCUT2D eigenvalue weighted by Crippen LogP contribution is 2.32. The van der Waals surface area contributed by atoms with Gasteiger partial charge in [-0.15, -0.1) is 0 Å². The fourth-order valence-electron chi connectivity index (χ4n) is 6.41. The molecule has 40 heavy (non-hydrogen) atoms. The number of rotatable bonds is 3. The van der Waals surface area contributed by atoms with E-state index in [4.69, 9.17) is 0 Å². The molecule has 3 nitrogen and oxygen atoms in total. The fourth-order valence-corrected chi connectivity index (χ4v) is 6.41. The maximum Gasteiger partial charge on any atom is 0.0382 e. The van der Waals surface area contributed by atoms with Crippen molar-refractivity contribution in [3.8, 4) is 0 Å². The third-order valence-corrected chi connectivity index (χ3v) is 8.97. The summed E-state index contributed by atoms with van der Waals surface area (Å²) >= 11 is 0. The van der Waals surface area contributed by atoms with Crippen LogP contribution in [0.3, 0.4) is 0 Å². The Morgan fingerprint density at radius 1 is 0.575 bits per heavy atom.